The van der Waals surface area contributed by atoms with Crippen LogP contribution in [0, 0.1) is 6.92 Å². The van der Waals surface area contributed by atoms with Crippen LogP contribution in [0.4, 0.5) is 5.69 Å². The van der Waals surface area contributed by atoms with Gasteiger partial charge >= 0.3 is 0 Å². The molecule has 0 radical (unpaired) electrons. The Morgan fingerprint density at radius 1 is 1.26 bits per heavy atom. The van der Waals surface area contributed by atoms with Gasteiger partial charge in [-0.25, -0.2) is 0 Å². The van der Waals surface area contributed by atoms with Crippen LogP contribution in [-0.2, 0) is 17.7 Å². The first kappa shape index (κ1) is 21.5. The third-order valence-corrected chi connectivity index (χ3v) is 6.24. The Morgan fingerprint density at radius 2 is 2.06 bits per heavy atom. The minimum atomic E-state index is -0.0748. The van der Waals surface area contributed by atoms with E-state index in [9.17, 15) is 4.79 Å². The lowest BCUT2D eigenvalue weighted by molar-refractivity contribution is 0.0904. The molecule has 0 spiro atoms. The van der Waals surface area contributed by atoms with E-state index in [2.05, 4.69) is 29.4 Å². The summed E-state index contributed by atoms with van der Waals surface area (Å²) in [5.74, 6) is 0. The highest BCUT2D eigenvalue weighted by Crippen LogP contribution is 2.19. The van der Waals surface area contributed by atoms with E-state index >= 15 is 0 Å². The second kappa shape index (κ2) is 9.62. The van der Waals surface area contributed by atoms with Gasteiger partial charge in [0.1, 0.15) is 0 Å². The maximum absolute atomic E-state index is 12.8. The Kier molecular flexibility index (Phi) is 6.68. The Hall–Kier alpha value is -2.70. The maximum atomic E-state index is 12.8. The Labute approximate surface area is 188 Å². The van der Waals surface area contributed by atoms with Crippen LogP contribution in [0.2, 0.25) is 0 Å². The van der Waals surface area contributed by atoms with Gasteiger partial charge in [-0.1, -0.05) is 37.3 Å². The van der Waals surface area contributed by atoms with Gasteiger partial charge in [0.25, 0.3) is 5.56 Å². The van der Waals surface area contributed by atoms with Crippen LogP contribution in [-0.4, -0.2) is 34.3 Å². The summed E-state index contributed by atoms with van der Waals surface area (Å²) < 4.78 is 5.85. The number of benzene rings is 2. The molecule has 1 aliphatic rings. The van der Waals surface area contributed by atoms with Crippen molar-refractivity contribution < 1.29 is 4.74 Å². The van der Waals surface area contributed by atoms with Crippen molar-refractivity contribution in [2.75, 3.05) is 18.5 Å². The molecule has 0 aliphatic carbocycles. The molecule has 1 saturated heterocycles. The summed E-state index contributed by atoms with van der Waals surface area (Å²) in [5.41, 5.74) is 4.80. The van der Waals surface area contributed by atoms with E-state index in [1.807, 2.05) is 48.2 Å². The molecule has 1 atom stereocenters. The first-order valence-electron chi connectivity index (χ1n) is 10.9. The van der Waals surface area contributed by atoms with E-state index < -0.39 is 0 Å². The number of rotatable bonds is 6. The predicted molar refractivity (Wildman–Crippen MR) is 131 cm³/mol. The number of fused-ring (bicyclic) bond motifs is 1. The van der Waals surface area contributed by atoms with Crippen molar-refractivity contribution in [3.63, 3.8) is 0 Å². The van der Waals surface area contributed by atoms with Gasteiger partial charge in [-0.3, -0.25) is 4.79 Å². The average molecular weight is 436 g/mol. The number of nitrogens with zero attached hydrogens (tertiary/aromatic N) is 1. The van der Waals surface area contributed by atoms with Crippen molar-refractivity contribution in [2.45, 2.75) is 45.8 Å². The van der Waals surface area contributed by atoms with E-state index in [-0.39, 0.29) is 11.7 Å². The molecule has 0 unspecified atom stereocenters. The molecule has 2 aromatic carbocycles. The monoisotopic (exact) mass is 435 g/mol. The van der Waals surface area contributed by atoms with Crippen molar-refractivity contribution in [3.8, 4) is 0 Å². The van der Waals surface area contributed by atoms with Crippen molar-refractivity contribution in [3.05, 3.63) is 75.6 Å². The molecular weight excluding hydrogens is 406 g/mol. The van der Waals surface area contributed by atoms with Gasteiger partial charge in [0, 0.05) is 24.4 Å². The van der Waals surface area contributed by atoms with Crippen molar-refractivity contribution >= 4 is 33.9 Å². The van der Waals surface area contributed by atoms with Crippen molar-refractivity contribution in [2.24, 2.45) is 0 Å². The van der Waals surface area contributed by atoms with Crippen molar-refractivity contribution in [1.29, 1.82) is 0 Å². The maximum Gasteiger partial charge on any atom is 0.253 e. The zero-order chi connectivity index (χ0) is 21.8. The van der Waals surface area contributed by atoms with E-state index in [0.717, 1.165) is 48.0 Å². The van der Waals surface area contributed by atoms with Gasteiger partial charge in [-0.05, 0) is 73.1 Å². The van der Waals surface area contributed by atoms with Gasteiger partial charge in [0.2, 0.25) is 0 Å². The lowest BCUT2D eigenvalue weighted by Gasteiger charge is -2.28. The minimum absolute atomic E-state index is 0.0748. The molecule has 1 aliphatic heterocycles. The Bertz CT molecular complexity index is 1120. The number of aromatic nitrogens is 1. The molecule has 2 N–H and O–H groups in total. The van der Waals surface area contributed by atoms with Crippen LogP contribution in [0.3, 0.4) is 0 Å². The molecule has 1 aromatic heterocycles. The van der Waals surface area contributed by atoms with Crippen LogP contribution in [0.25, 0.3) is 10.9 Å². The summed E-state index contributed by atoms with van der Waals surface area (Å²) in [6.07, 6.45) is 3.20. The number of para-hydroxylation sites is 1. The number of ether oxygens (including phenoxy) is 1. The van der Waals surface area contributed by atoms with Gasteiger partial charge in [-0.15, -0.1) is 0 Å². The number of H-pyrrole nitrogens is 1. The van der Waals surface area contributed by atoms with Gasteiger partial charge in [0.15, 0.2) is 5.11 Å². The molecule has 1 fully saturated rings. The van der Waals surface area contributed by atoms with Crippen LogP contribution in [0.15, 0.2) is 53.3 Å². The van der Waals surface area contributed by atoms with E-state index in [1.54, 1.807) is 0 Å². The largest absolute Gasteiger partial charge is 0.376 e. The number of nitrogens with one attached hydrogen (secondary N) is 2. The summed E-state index contributed by atoms with van der Waals surface area (Å²) >= 11 is 5.76. The summed E-state index contributed by atoms with van der Waals surface area (Å²) in [5, 5.41) is 4.97. The fraction of sp³-hybridized carbons (Fsp3) is 0.360. The second-order valence-electron chi connectivity index (χ2n) is 8.16. The number of thiocarbonyl (C=S) groups is 1. The fourth-order valence-electron chi connectivity index (χ4n) is 4.03. The molecule has 4 rings (SSSR count). The number of pyridine rings is 1. The van der Waals surface area contributed by atoms with Crippen LogP contribution in [0.5, 0.6) is 0 Å². The zero-order valence-electron chi connectivity index (χ0n) is 18.1. The smallest absolute Gasteiger partial charge is 0.253 e. The van der Waals surface area contributed by atoms with Gasteiger partial charge in [-0.2, -0.15) is 0 Å². The van der Waals surface area contributed by atoms with Crippen LogP contribution >= 0.6 is 12.2 Å². The lowest BCUT2D eigenvalue weighted by atomic mass is 10.1. The lowest BCUT2D eigenvalue weighted by Crippen LogP contribution is -2.40. The summed E-state index contributed by atoms with van der Waals surface area (Å²) in [6.45, 7) is 6.01. The summed E-state index contributed by atoms with van der Waals surface area (Å²) in [6, 6.07) is 16.3. The predicted octanol–water partition coefficient (Wildman–Crippen LogP) is 4.78. The molecule has 5 nitrogen and oxygen atoms in total. The third-order valence-electron chi connectivity index (χ3n) is 5.87. The first-order valence-corrected chi connectivity index (χ1v) is 11.3. The highest BCUT2D eigenvalue weighted by molar-refractivity contribution is 7.80. The zero-order valence-corrected chi connectivity index (χ0v) is 18.9. The third kappa shape index (κ3) is 5.14. The van der Waals surface area contributed by atoms with E-state index in [4.69, 9.17) is 17.0 Å². The summed E-state index contributed by atoms with van der Waals surface area (Å²) in [4.78, 5) is 17.9. The number of aryl methyl sites for hydroxylation is 2. The highest BCUT2D eigenvalue weighted by atomic mass is 32.1. The SMILES string of the molecule is CCc1ccc(NC(=S)N(Cc2cc3cccc(C)c3[nH]c2=O)C[C@@H]2CCCO2)cc1. The first-order chi connectivity index (χ1) is 15.0. The molecule has 31 heavy (non-hydrogen) atoms. The number of hydrogen-bond donors (Lipinski definition) is 2. The number of anilines is 1. The second-order valence-corrected chi connectivity index (χ2v) is 8.55. The normalized spacial score (nSPS) is 15.9. The van der Waals surface area contributed by atoms with Gasteiger partial charge < -0.3 is 19.9 Å². The Morgan fingerprint density at radius 3 is 2.77 bits per heavy atom. The summed E-state index contributed by atoms with van der Waals surface area (Å²) in [7, 11) is 0. The van der Waals surface area contributed by atoms with Gasteiger partial charge in [0.05, 0.1) is 18.2 Å². The molecular formula is C25H29N3O2S. The highest BCUT2D eigenvalue weighted by Gasteiger charge is 2.22. The van der Waals surface area contributed by atoms with E-state index in [0.29, 0.717) is 23.8 Å². The topological polar surface area (TPSA) is 57.4 Å². The average Bonchev–Trinajstić information content (AvgIpc) is 3.28. The standard InChI is InChI=1S/C25H29N3O2S/c1-3-18-9-11-21(12-10-18)26-25(31)28(16-22-8-5-13-30-22)15-20-14-19-7-4-6-17(2)23(19)27-24(20)29/h4,6-7,9-12,14,22H,3,5,8,13,15-16H2,1-2H3,(H,26,31)(H,27,29)/t22-/m0/s1. The molecule has 0 amide bonds. The van der Waals surface area contributed by atoms with Crippen LogP contribution < -0.4 is 10.9 Å². The van der Waals surface area contributed by atoms with Crippen LogP contribution in [0.1, 0.15) is 36.5 Å². The molecule has 6 heteroatoms. The Balaban J connectivity index is 1.58. The molecule has 2 heterocycles. The number of aromatic amines is 1. The minimum Gasteiger partial charge on any atom is -0.376 e. The van der Waals surface area contributed by atoms with E-state index in [1.165, 1.54) is 5.56 Å². The quantitative estimate of drug-likeness (QED) is 0.546. The molecule has 3 aromatic rings. The molecule has 0 saturated carbocycles. The molecule has 0 bridgehead atoms. The number of hydrogen-bond acceptors (Lipinski definition) is 3. The fourth-order valence-corrected chi connectivity index (χ4v) is 4.29. The van der Waals surface area contributed by atoms with Crippen molar-refractivity contribution in [1.82, 2.24) is 9.88 Å². The molecule has 162 valence electrons.